The molecule has 0 aliphatic heterocycles. The first kappa shape index (κ1) is 46.0. The summed E-state index contributed by atoms with van der Waals surface area (Å²) in [7, 11) is -2.28. The van der Waals surface area contributed by atoms with Gasteiger partial charge in [-0.2, -0.15) is 0 Å². The summed E-state index contributed by atoms with van der Waals surface area (Å²) in [4.78, 5) is 0. The zero-order chi connectivity index (χ0) is 40.9. The summed E-state index contributed by atoms with van der Waals surface area (Å²) in [6, 6.07) is 85.8. The maximum atomic E-state index is 7.35. The van der Waals surface area contributed by atoms with Gasteiger partial charge in [0.2, 0.25) is 0 Å². The Morgan fingerprint density at radius 3 is 1.08 bits per heavy atom. The van der Waals surface area contributed by atoms with Crippen molar-refractivity contribution in [3.63, 3.8) is 0 Å². The summed E-state index contributed by atoms with van der Waals surface area (Å²) in [5.41, 5.74) is 1.71. The first-order valence-electron chi connectivity index (χ1n) is 20.0. The van der Waals surface area contributed by atoms with Crippen molar-refractivity contribution in [2.45, 2.75) is 0 Å². The van der Waals surface area contributed by atoms with Crippen LogP contribution in [0.1, 0.15) is 11.1 Å². The van der Waals surface area contributed by atoms with Gasteiger partial charge in [0, 0.05) is 0 Å². The average Bonchev–Trinajstić information content (AvgIpc) is 3.33. The molecule has 304 valence electrons. The standard InChI is InChI=1S/C30H24P2.C16H9.C12H7.Ag.Au/c1-5-15-25(16-6-1)31(26-17-7-2-8-18-26)29-23-13-14-24-30(29)32(27-19-9-3-10-20-27)28-21-11-4-12-22-28;1-2-12-11-13-7-3-4-9-15(13)16-10-6-5-8-14(12)16;1-2-10-7-5-8-11-6-3-4-9-12(10)11;;/h1-24H;3-11H;3-9H;;/q;2*-1;2*+1/p+2. The van der Waals surface area contributed by atoms with E-state index in [-0.39, 0.29) is 44.8 Å². The van der Waals surface area contributed by atoms with Crippen LogP contribution in [-0.4, -0.2) is 0 Å². The fourth-order valence-corrected chi connectivity index (χ4v) is 13.8. The van der Waals surface area contributed by atoms with Gasteiger partial charge in [0.05, 0.1) is 0 Å². The molecule has 0 saturated carbocycles. The minimum absolute atomic E-state index is 0. The Bertz CT molecular complexity index is 2880. The molecule has 0 aliphatic rings. The van der Waals surface area contributed by atoms with Crippen molar-refractivity contribution in [2.24, 2.45) is 0 Å². The molecule has 0 aromatic heterocycles. The molecule has 10 aromatic carbocycles. The van der Waals surface area contributed by atoms with E-state index >= 15 is 0 Å². The van der Waals surface area contributed by atoms with Gasteiger partial charge in [-0.1, -0.05) is 181 Å². The summed E-state index contributed by atoms with van der Waals surface area (Å²) in [5.74, 6) is 4.93. The Balaban J connectivity index is 0.000000177. The topological polar surface area (TPSA) is 0 Å². The molecular weight excluding hydrogens is 1060 g/mol. The van der Waals surface area contributed by atoms with E-state index in [2.05, 4.69) is 176 Å². The zero-order valence-electron chi connectivity index (χ0n) is 33.7. The first-order chi connectivity index (χ1) is 29.7. The third-order valence-corrected chi connectivity index (χ3v) is 16.4. The minimum Gasteiger partial charge on any atom is -0.366 e. The van der Waals surface area contributed by atoms with Gasteiger partial charge in [-0.15, -0.1) is 23.3 Å². The molecule has 0 N–H and O–H groups in total. The molecule has 0 aliphatic carbocycles. The fourth-order valence-electron chi connectivity index (χ4n) is 7.79. The fraction of sp³-hybridized carbons (Fsp3) is 0. The van der Waals surface area contributed by atoms with E-state index in [9.17, 15) is 0 Å². The number of rotatable bonds is 6. The van der Waals surface area contributed by atoms with Gasteiger partial charge in [0.1, 0.15) is 47.7 Å². The first-order valence-corrected chi connectivity index (χ1v) is 23.0. The molecule has 0 bridgehead atoms. The van der Waals surface area contributed by atoms with E-state index in [1.807, 2.05) is 78.9 Å². The van der Waals surface area contributed by atoms with Crippen LogP contribution in [0.15, 0.2) is 243 Å². The third kappa shape index (κ3) is 10.7. The molecule has 0 amide bonds. The van der Waals surface area contributed by atoms with E-state index in [0.717, 1.165) is 32.7 Å². The van der Waals surface area contributed by atoms with E-state index in [0.29, 0.717) is 0 Å². The average molecular weight is 1110 g/mol. The zero-order valence-corrected chi connectivity index (χ0v) is 39.3. The van der Waals surface area contributed by atoms with Crippen molar-refractivity contribution >= 4 is 80.0 Å². The summed E-state index contributed by atoms with van der Waals surface area (Å²) in [6.07, 6.45) is 14.4. The molecule has 0 radical (unpaired) electrons. The van der Waals surface area contributed by atoms with Crippen LogP contribution in [0, 0.1) is 24.7 Å². The van der Waals surface area contributed by atoms with Crippen LogP contribution in [0.25, 0.3) is 32.3 Å². The van der Waals surface area contributed by atoms with Crippen LogP contribution in [0.4, 0.5) is 0 Å². The van der Waals surface area contributed by atoms with Crippen molar-refractivity contribution in [3.8, 4) is 11.8 Å². The van der Waals surface area contributed by atoms with Crippen LogP contribution in [0.3, 0.4) is 0 Å². The van der Waals surface area contributed by atoms with Gasteiger partial charge in [-0.25, -0.2) is 0 Å². The Kier molecular flexibility index (Phi) is 17.1. The molecule has 62 heavy (non-hydrogen) atoms. The van der Waals surface area contributed by atoms with Crippen LogP contribution >= 0.6 is 15.8 Å². The van der Waals surface area contributed by atoms with Crippen LogP contribution in [0.2, 0.25) is 0 Å². The number of hydrogen-bond acceptors (Lipinski definition) is 0. The van der Waals surface area contributed by atoms with Crippen molar-refractivity contribution in [1.29, 1.82) is 0 Å². The quantitative estimate of drug-likeness (QED) is 0.0512. The summed E-state index contributed by atoms with van der Waals surface area (Å²) < 4.78 is 0. The monoisotopic (exact) mass is 1100 g/mol. The normalized spacial score (nSPS) is 10.3. The molecule has 0 atom stereocenters. The Morgan fingerprint density at radius 2 is 0.629 bits per heavy atom. The van der Waals surface area contributed by atoms with Gasteiger partial charge in [-0.3, -0.25) is 11.8 Å². The second-order valence-corrected chi connectivity index (χ2v) is 19.1. The Morgan fingerprint density at radius 1 is 0.290 bits per heavy atom. The smallest absolute Gasteiger partial charge is 0.366 e. The van der Waals surface area contributed by atoms with Crippen molar-refractivity contribution in [3.05, 3.63) is 267 Å². The maximum absolute atomic E-state index is 7.35. The molecule has 0 unspecified atom stereocenters. The van der Waals surface area contributed by atoms with Gasteiger partial charge in [0.25, 0.3) is 0 Å². The summed E-state index contributed by atoms with van der Waals surface area (Å²) in [5, 5.41) is 15.6. The van der Waals surface area contributed by atoms with Crippen LogP contribution < -0.4 is 31.8 Å². The molecule has 0 heterocycles. The second-order valence-electron chi connectivity index (χ2n) is 14.2. The molecule has 10 aromatic rings. The van der Waals surface area contributed by atoms with Gasteiger partial charge in [0.15, 0.2) is 0 Å². The minimum atomic E-state index is -1.14. The third-order valence-electron chi connectivity index (χ3n) is 10.5. The molecule has 0 saturated heterocycles. The van der Waals surface area contributed by atoms with E-state index in [1.165, 1.54) is 42.6 Å². The van der Waals surface area contributed by atoms with E-state index in [1.54, 1.807) is 0 Å². The Hall–Kier alpha value is -5.56. The summed E-state index contributed by atoms with van der Waals surface area (Å²) >= 11 is 0. The van der Waals surface area contributed by atoms with Crippen LogP contribution in [-0.2, 0) is 44.8 Å². The van der Waals surface area contributed by atoms with Gasteiger partial charge in [-0.05, 0) is 82.2 Å². The largest absolute Gasteiger partial charge is 1.00 e. The van der Waals surface area contributed by atoms with Crippen molar-refractivity contribution in [2.75, 3.05) is 0 Å². The van der Waals surface area contributed by atoms with E-state index < -0.39 is 15.8 Å². The predicted octanol–water partition coefficient (Wildman–Crippen LogP) is 11.4. The van der Waals surface area contributed by atoms with E-state index in [4.69, 9.17) is 12.8 Å². The predicted molar refractivity (Wildman–Crippen MR) is 265 cm³/mol. The molecule has 4 heteroatoms. The number of fused-ring (bicyclic) bond motifs is 4. The van der Waals surface area contributed by atoms with Crippen molar-refractivity contribution < 1.29 is 44.8 Å². The molecular formula is C58H42AgAuP2+2. The second kappa shape index (κ2) is 23.0. The summed E-state index contributed by atoms with van der Waals surface area (Å²) in [6.45, 7) is 0. The molecule has 0 nitrogen and oxygen atoms in total. The number of benzene rings is 10. The maximum Gasteiger partial charge on any atom is 1.00 e. The van der Waals surface area contributed by atoms with Gasteiger partial charge < -0.3 is 12.8 Å². The van der Waals surface area contributed by atoms with Crippen molar-refractivity contribution in [1.82, 2.24) is 0 Å². The Labute approximate surface area is 400 Å². The molecule has 10 rings (SSSR count). The number of hydrogen-bond donors (Lipinski definition) is 0. The molecule has 0 spiro atoms. The SMILES string of the molecule is [Ag+].[Au+].[C-]#Cc1cc2ccccc2c2ccccc12.[C-]#Cc1cccc2ccccc12.c1ccc([PH+](c2ccccc2)c2ccccc2[PH+](c2ccccc2)c2ccccc2)cc1. The van der Waals surface area contributed by atoms with Crippen LogP contribution in [0.5, 0.6) is 0 Å². The van der Waals surface area contributed by atoms with Gasteiger partial charge >= 0.3 is 44.8 Å². The molecule has 0 fully saturated rings.